The van der Waals surface area contributed by atoms with Gasteiger partial charge in [0, 0.05) is 11.6 Å². The number of hydrogen-bond acceptors (Lipinski definition) is 1. The quantitative estimate of drug-likeness (QED) is 0.697. The summed E-state index contributed by atoms with van der Waals surface area (Å²) >= 11 is 0. The van der Waals surface area contributed by atoms with Crippen molar-refractivity contribution in [1.82, 2.24) is 4.98 Å². The van der Waals surface area contributed by atoms with Crippen LogP contribution in [0.15, 0.2) is 30.5 Å². The SMILES string of the molecule is CCc1cnc2ccccc2c1C.Cl. The molecule has 0 atom stereocenters. The third-order valence-corrected chi connectivity index (χ3v) is 2.53. The number of para-hydroxylation sites is 1. The van der Waals surface area contributed by atoms with Crippen molar-refractivity contribution in [2.24, 2.45) is 0 Å². The van der Waals surface area contributed by atoms with Gasteiger partial charge in [-0.2, -0.15) is 0 Å². The van der Waals surface area contributed by atoms with E-state index in [-0.39, 0.29) is 12.4 Å². The molecule has 0 saturated heterocycles. The van der Waals surface area contributed by atoms with Crippen LogP contribution in [0.1, 0.15) is 18.1 Å². The molecular formula is C12H14ClN. The minimum absolute atomic E-state index is 0. The fourth-order valence-corrected chi connectivity index (χ4v) is 1.68. The van der Waals surface area contributed by atoms with E-state index in [0.29, 0.717) is 0 Å². The maximum Gasteiger partial charge on any atom is 0.0704 e. The van der Waals surface area contributed by atoms with Crippen LogP contribution >= 0.6 is 12.4 Å². The Kier molecular flexibility index (Phi) is 3.48. The van der Waals surface area contributed by atoms with Gasteiger partial charge in [-0.1, -0.05) is 25.1 Å². The van der Waals surface area contributed by atoms with Crippen molar-refractivity contribution in [1.29, 1.82) is 0 Å². The molecule has 14 heavy (non-hydrogen) atoms. The van der Waals surface area contributed by atoms with Gasteiger partial charge < -0.3 is 0 Å². The average Bonchev–Trinajstić information content (AvgIpc) is 2.19. The number of hydrogen-bond donors (Lipinski definition) is 0. The molecule has 0 aliphatic heterocycles. The van der Waals surface area contributed by atoms with Gasteiger partial charge in [-0.3, -0.25) is 4.98 Å². The molecule has 0 aliphatic carbocycles. The van der Waals surface area contributed by atoms with Gasteiger partial charge in [-0.15, -0.1) is 12.4 Å². The van der Waals surface area contributed by atoms with E-state index in [1.807, 2.05) is 12.3 Å². The second-order valence-corrected chi connectivity index (χ2v) is 3.28. The van der Waals surface area contributed by atoms with Gasteiger partial charge in [-0.25, -0.2) is 0 Å². The van der Waals surface area contributed by atoms with E-state index in [1.54, 1.807) is 0 Å². The second-order valence-electron chi connectivity index (χ2n) is 3.28. The Morgan fingerprint density at radius 1 is 1.21 bits per heavy atom. The van der Waals surface area contributed by atoms with E-state index in [9.17, 15) is 0 Å². The van der Waals surface area contributed by atoms with Crippen molar-refractivity contribution in [2.75, 3.05) is 0 Å². The van der Waals surface area contributed by atoms with Crippen LogP contribution in [0.5, 0.6) is 0 Å². The fraction of sp³-hybridized carbons (Fsp3) is 0.250. The van der Waals surface area contributed by atoms with Gasteiger partial charge in [-0.05, 0) is 30.5 Å². The van der Waals surface area contributed by atoms with Crippen molar-refractivity contribution in [3.63, 3.8) is 0 Å². The second kappa shape index (κ2) is 4.43. The molecule has 74 valence electrons. The lowest BCUT2D eigenvalue weighted by Crippen LogP contribution is -1.90. The summed E-state index contributed by atoms with van der Waals surface area (Å²) in [4.78, 5) is 4.41. The number of pyridine rings is 1. The predicted octanol–water partition coefficient (Wildman–Crippen LogP) is 3.53. The largest absolute Gasteiger partial charge is 0.256 e. The summed E-state index contributed by atoms with van der Waals surface area (Å²) < 4.78 is 0. The molecule has 2 rings (SSSR count). The number of rotatable bonds is 1. The van der Waals surface area contributed by atoms with E-state index < -0.39 is 0 Å². The number of halogens is 1. The lowest BCUT2D eigenvalue weighted by molar-refractivity contribution is 1.09. The topological polar surface area (TPSA) is 12.9 Å². The van der Waals surface area contributed by atoms with Crippen molar-refractivity contribution < 1.29 is 0 Å². The van der Waals surface area contributed by atoms with Gasteiger partial charge in [0.25, 0.3) is 0 Å². The van der Waals surface area contributed by atoms with Gasteiger partial charge in [0.15, 0.2) is 0 Å². The number of fused-ring (bicyclic) bond motifs is 1. The molecule has 0 N–H and O–H groups in total. The Bertz CT molecular complexity index is 437. The molecule has 1 heterocycles. The zero-order valence-corrected chi connectivity index (χ0v) is 9.27. The number of nitrogens with zero attached hydrogens (tertiary/aromatic N) is 1. The minimum atomic E-state index is 0. The maximum atomic E-state index is 4.41. The molecule has 0 amide bonds. The fourth-order valence-electron chi connectivity index (χ4n) is 1.68. The summed E-state index contributed by atoms with van der Waals surface area (Å²) in [5.41, 5.74) is 3.81. The Labute approximate surface area is 90.6 Å². The van der Waals surface area contributed by atoms with Gasteiger partial charge >= 0.3 is 0 Å². The van der Waals surface area contributed by atoms with Crippen molar-refractivity contribution in [3.05, 3.63) is 41.6 Å². The highest BCUT2D eigenvalue weighted by atomic mass is 35.5. The molecule has 0 aliphatic rings. The smallest absolute Gasteiger partial charge is 0.0704 e. The summed E-state index contributed by atoms with van der Waals surface area (Å²) in [5.74, 6) is 0. The molecule has 0 bridgehead atoms. The van der Waals surface area contributed by atoms with Crippen LogP contribution in [0, 0.1) is 6.92 Å². The van der Waals surface area contributed by atoms with Crippen molar-refractivity contribution >= 4 is 23.3 Å². The van der Waals surface area contributed by atoms with Crippen LogP contribution in [0.25, 0.3) is 10.9 Å². The number of aromatic nitrogens is 1. The minimum Gasteiger partial charge on any atom is -0.256 e. The Hall–Kier alpha value is -1.08. The number of aryl methyl sites for hydroxylation is 2. The maximum absolute atomic E-state index is 4.41. The third-order valence-electron chi connectivity index (χ3n) is 2.53. The number of benzene rings is 1. The van der Waals surface area contributed by atoms with Gasteiger partial charge in [0.05, 0.1) is 5.52 Å². The molecule has 0 saturated carbocycles. The predicted molar refractivity (Wildman–Crippen MR) is 63.1 cm³/mol. The molecular weight excluding hydrogens is 194 g/mol. The van der Waals surface area contributed by atoms with Crippen LogP contribution < -0.4 is 0 Å². The van der Waals surface area contributed by atoms with Gasteiger partial charge in [0.2, 0.25) is 0 Å². The van der Waals surface area contributed by atoms with E-state index >= 15 is 0 Å². The van der Waals surface area contributed by atoms with Crippen molar-refractivity contribution in [2.45, 2.75) is 20.3 Å². The van der Waals surface area contributed by atoms with E-state index in [4.69, 9.17) is 0 Å². The molecule has 1 nitrogen and oxygen atoms in total. The lowest BCUT2D eigenvalue weighted by Gasteiger charge is -2.05. The van der Waals surface area contributed by atoms with E-state index in [0.717, 1.165) is 11.9 Å². The van der Waals surface area contributed by atoms with Crippen LogP contribution in [0.3, 0.4) is 0 Å². The average molecular weight is 208 g/mol. The van der Waals surface area contributed by atoms with Crippen LogP contribution in [0.4, 0.5) is 0 Å². The molecule has 2 aromatic rings. The van der Waals surface area contributed by atoms with E-state index in [2.05, 4.69) is 37.0 Å². The van der Waals surface area contributed by atoms with Crippen molar-refractivity contribution in [3.8, 4) is 0 Å². The first kappa shape index (κ1) is 11.0. The summed E-state index contributed by atoms with van der Waals surface area (Å²) in [6.07, 6.45) is 3.04. The third kappa shape index (κ3) is 1.73. The Balaban J connectivity index is 0.000000980. The zero-order chi connectivity index (χ0) is 9.26. The molecule has 1 aromatic heterocycles. The zero-order valence-electron chi connectivity index (χ0n) is 8.45. The standard InChI is InChI=1S/C12H13N.ClH/c1-3-10-8-13-12-7-5-4-6-11(12)9(10)2;/h4-8H,3H2,1-2H3;1H. The Morgan fingerprint density at radius 2 is 1.93 bits per heavy atom. The highest BCUT2D eigenvalue weighted by molar-refractivity contribution is 5.85. The highest BCUT2D eigenvalue weighted by Crippen LogP contribution is 2.19. The molecule has 0 spiro atoms. The summed E-state index contributed by atoms with van der Waals surface area (Å²) in [6, 6.07) is 8.29. The van der Waals surface area contributed by atoms with E-state index in [1.165, 1.54) is 16.5 Å². The summed E-state index contributed by atoms with van der Waals surface area (Å²) in [5, 5.41) is 1.28. The molecule has 0 fully saturated rings. The molecule has 2 heteroatoms. The van der Waals surface area contributed by atoms with Gasteiger partial charge in [0.1, 0.15) is 0 Å². The highest BCUT2D eigenvalue weighted by Gasteiger charge is 2.01. The first-order valence-corrected chi connectivity index (χ1v) is 4.66. The van der Waals surface area contributed by atoms with Crippen LogP contribution in [0.2, 0.25) is 0 Å². The molecule has 1 aromatic carbocycles. The van der Waals surface area contributed by atoms with Crippen LogP contribution in [-0.2, 0) is 6.42 Å². The summed E-state index contributed by atoms with van der Waals surface area (Å²) in [6.45, 7) is 4.33. The normalized spacial score (nSPS) is 9.86. The molecule has 0 unspecified atom stereocenters. The monoisotopic (exact) mass is 207 g/mol. The lowest BCUT2D eigenvalue weighted by atomic mass is 10.0. The molecule has 0 radical (unpaired) electrons. The van der Waals surface area contributed by atoms with Crippen LogP contribution in [-0.4, -0.2) is 4.98 Å². The first-order valence-electron chi connectivity index (χ1n) is 4.66. The Morgan fingerprint density at radius 3 is 2.64 bits per heavy atom. The summed E-state index contributed by atoms with van der Waals surface area (Å²) in [7, 11) is 0. The first-order chi connectivity index (χ1) is 6.33.